The second-order valence-corrected chi connectivity index (χ2v) is 0.612. The molecule has 0 N–H and O–H groups in total. The van der Waals surface area contributed by atoms with E-state index in [0.29, 0.717) is 0 Å². The first-order chi connectivity index (χ1) is 1.50. The van der Waals surface area contributed by atoms with Crippen LogP contribution >= 0.6 is 0 Å². The number of rotatable bonds is 0. The predicted octanol–water partition coefficient (Wildman–Crippen LogP) is -2.25. The Balaban J connectivity index is 0.0000000900. The second-order valence-electron chi connectivity index (χ2n) is 0.612. The summed E-state index contributed by atoms with van der Waals surface area (Å²) >= 11 is 0. The van der Waals surface area contributed by atoms with Gasteiger partial charge in [-0.3, -0.25) is 6.08 Å². The Labute approximate surface area is 38.1 Å². The Morgan fingerprint density at radius 2 is 2.00 bits per heavy atom. The van der Waals surface area contributed by atoms with Crippen LogP contribution in [0.15, 0.2) is 6.08 Å². The number of hydrogen-bond acceptors (Lipinski definition) is 0. The molecule has 0 heterocycles. The zero-order valence-corrected chi connectivity index (χ0v) is 2.78. The summed E-state index contributed by atoms with van der Waals surface area (Å²) in [5, 5.41) is 0. The molecule has 4 heavy (non-hydrogen) atoms. The van der Waals surface area contributed by atoms with Gasteiger partial charge in [0.1, 0.15) is 0 Å². The Bertz CT molecular complexity index is 26.3. The average Bonchev–Trinajstić information content (AvgIpc) is 1.46. The van der Waals surface area contributed by atoms with E-state index in [9.17, 15) is 0 Å². The van der Waals surface area contributed by atoms with Crippen LogP contribution in [-0.2, 0) is 0 Å². The summed E-state index contributed by atoms with van der Waals surface area (Å²) in [7, 11) is 0. The number of hydrogen-bond donors (Lipinski definition) is 0. The van der Waals surface area contributed by atoms with Crippen molar-refractivity contribution in [3.8, 4) is 0 Å². The van der Waals surface area contributed by atoms with Gasteiger partial charge in [0.25, 0.3) is 0 Å². The standard InChI is InChI=1S/C3H3.Li/c1-2-3-1;/h1H,2H2;/q-1;+1. The zero-order valence-electron chi connectivity index (χ0n) is 2.78. The van der Waals surface area contributed by atoms with Gasteiger partial charge in [-0.2, -0.15) is 0 Å². The minimum absolute atomic E-state index is 0. The molecule has 0 saturated carbocycles. The Morgan fingerprint density at radius 1 is 1.75 bits per heavy atom. The maximum atomic E-state index is 2.88. The summed E-state index contributed by atoms with van der Waals surface area (Å²) in [6, 6.07) is 0. The zero-order chi connectivity index (χ0) is 2.12. The molecule has 1 aliphatic rings. The van der Waals surface area contributed by atoms with Gasteiger partial charge in [-0.15, -0.1) is 0 Å². The fourth-order valence-corrected chi connectivity index (χ4v) is 0. The molecule has 0 radical (unpaired) electrons. The minimum Gasteiger partial charge on any atom is -0.502 e. The van der Waals surface area contributed by atoms with Crippen LogP contribution in [0.5, 0.6) is 0 Å². The molecule has 0 unspecified atom stereocenters. The topological polar surface area (TPSA) is 0 Å². The summed E-state index contributed by atoms with van der Waals surface area (Å²) in [4.78, 5) is 0. The van der Waals surface area contributed by atoms with E-state index in [0.717, 1.165) is 6.42 Å². The third-order valence-electron chi connectivity index (χ3n) is 0.204. The Hall–Kier alpha value is 0.337. The minimum atomic E-state index is 0. The van der Waals surface area contributed by atoms with Gasteiger partial charge in [0.2, 0.25) is 0 Å². The van der Waals surface area contributed by atoms with E-state index in [1.807, 2.05) is 6.08 Å². The first kappa shape index (κ1) is 4.34. The monoisotopic (exact) mass is 46.0 g/mol. The van der Waals surface area contributed by atoms with Crippen LogP contribution in [0.2, 0.25) is 0 Å². The van der Waals surface area contributed by atoms with Crippen LogP contribution in [0.25, 0.3) is 0 Å². The van der Waals surface area contributed by atoms with Crippen molar-refractivity contribution >= 4 is 0 Å². The molecule has 0 atom stereocenters. The maximum absolute atomic E-state index is 2.88. The second kappa shape index (κ2) is 1.64. The normalized spacial score (nSPS) is 14.0. The van der Waals surface area contributed by atoms with E-state index < -0.39 is 0 Å². The van der Waals surface area contributed by atoms with Crippen molar-refractivity contribution in [3.63, 3.8) is 0 Å². The molecule has 0 aromatic heterocycles. The summed E-state index contributed by atoms with van der Waals surface area (Å²) in [6.45, 7) is 0. The van der Waals surface area contributed by atoms with E-state index >= 15 is 0 Å². The van der Waals surface area contributed by atoms with Crippen molar-refractivity contribution in [2.24, 2.45) is 0 Å². The summed E-state index contributed by atoms with van der Waals surface area (Å²) in [5.74, 6) is 0. The first-order valence-corrected chi connectivity index (χ1v) is 1.05. The van der Waals surface area contributed by atoms with Crippen LogP contribution in [0.3, 0.4) is 0 Å². The van der Waals surface area contributed by atoms with E-state index in [1.165, 1.54) is 0 Å². The third kappa shape index (κ3) is 2.34. The molecular weight excluding hydrogens is 43.0 g/mol. The van der Waals surface area contributed by atoms with Crippen molar-refractivity contribution in [1.82, 2.24) is 0 Å². The molecule has 1 aliphatic carbocycles. The van der Waals surface area contributed by atoms with Crippen molar-refractivity contribution in [1.29, 1.82) is 0 Å². The molecular formula is C3H3Li. The molecule has 1 rings (SSSR count). The van der Waals surface area contributed by atoms with E-state index in [2.05, 4.69) is 6.08 Å². The van der Waals surface area contributed by atoms with Crippen molar-refractivity contribution in [2.45, 2.75) is 6.42 Å². The van der Waals surface area contributed by atoms with Gasteiger partial charge in [-0.1, -0.05) is 0 Å². The number of allylic oxidation sites excluding steroid dienone is 2. The van der Waals surface area contributed by atoms with Crippen LogP contribution < -0.4 is 18.9 Å². The molecule has 0 aliphatic heterocycles. The van der Waals surface area contributed by atoms with E-state index in [4.69, 9.17) is 0 Å². The van der Waals surface area contributed by atoms with Gasteiger partial charge in [0.15, 0.2) is 0 Å². The first-order valence-electron chi connectivity index (χ1n) is 1.05. The summed E-state index contributed by atoms with van der Waals surface area (Å²) in [6.07, 6.45) is 6.00. The van der Waals surface area contributed by atoms with Crippen LogP contribution in [0.4, 0.5) is 0 Å². The van der Waals surface area contributed by atoms with Gasteiger partial charge in [0, 0.05) is 0 Å². The molecule has 0 aromatic rings. The van der Waals surface area contributed by atoms with Gasteiger partial charge in [-0.05, 0) is 0 Å². The Kier molecular flexibility index (Phi) is 1.78. The predicted molar refractivity (Wildman–Crippen MR) is 12.4 cm³/mol. The van der Waals surface area contributed by atoms with Crippen LogP contribution in [-0.4, -0.2) is 0 Å². The van der Waals surface area contributed by atoms with Crippen molar-refractivity contribution in [3.05, 3.63) is 12.2 Å². The Morgan fingerprint density at radius 3 is 2.00 bits per heavy atom. The molecule has 0 saturated heterocycles. The third-order valence-corrected chi connectivity index (χ3v) is 0.204. The summed E-state index contributed by atoms with van der Waals surface area (Å²) < 4.78 is 0. The SMILES string of the molecule is [C-]1=CC1.[Li+]. The fraction of sp³-hybridized carbons (Fsp3) is 0.333. The largest absolute Gasteiger partial charge is 1.00 e. The van der Waals surface area contributed by atoms with Gasteiger partial charge >= 0.3 is 18.9 Å². The van der Waals surface area contributed by atoms with Crippen LogP contribution in [0.1, 0.15) is 6.42 Å². The van der Waals surface area contributed by atoms with Gasteiger partial charge < -0.3 is 6.08 Å². The molecule has 0 bridgehead atoms. The fourth-order valence-electron chi connectivity index (χ4n) is 0. The molecule has 0 fully saturated rings. The van der Waals surface area contributed by atoms with Crippen LogP contribution in [0, 0.1) is 6.08 Å². The maximum Gasteiger partial charge on any atom is 1.00 e. The van der Waals surface area contributed by atoms with Gasteiger partial charge in [0.05, 0.1) is 0 Å². The smallest absolute Gasteiger partial charge is 0.502 e. The van der Waals surface area contributed by atoms with Crippen molar-refractivity contribution in [2.75, 3.05) is 0 Å². The average molecular weight is 46.0 g/mol. The molecule has 0 amide bonds. The van der Waals surface area contributed by atoms with Crippen molar-refractivity contribution < 1.29 is 18.9 Å². The van der Waals surface area contributed by atoms with Gasteiger partial charge in [-0.25, -0.2) is 6.42 Å². The quantitative estimate of drug-likeness (QED) is 0.213. The molecule has 16 valence electrons. The molecule has 0 spiro atoms. The van der Waals surface area contributed by atoms with E-state index in [1.54, 1.807) is 0 Å². The molecule has 1 heteroatoms. The van der Waals surface area contributed by atoms with E-state index in [-0.39, 0.29) is 18.9 Å². The summed E-state index contributed by atoms with van der Waals surface area (Å²) in [5.41, 5.74) is 0. The molecule has 0 nitrogen and oxygen atoms in total. The molecule has 0 aromatic carbocycles.